The van der Waals surface area contributed by atoms with Crippen molar-refractivity contribution in [1.29, 1.82) is 0 Å². The maximum atomic E-state index is 12.7. The van der Waals surface area contributed by atoms with Crippen molar-refractivity contribution < 1.29 is 9.72 Å². The van der Waals surface area contributed by atoms with Gasteiger partial charge in [0.25, 0.3) is 11.2 Å². The molecular weight excluding hydrogens is 384 g/mol. The number of nitrogens with one attached hydrogen (secondary N) is 2. The largest absolute Gasteiger partial charge is 0.329 e. The number of aromatic nitrogens is 2. The Morgan fingerprint density at radius 1 is 1.32 bits per heavy atom. The van der Waals surface area contributed by atoms with E-state index in [4.69, 9.17) is 0 Å². The van der Waals surface area contributed by atoms with Crippen molar-refractivity contribution >= 4 is 38.8 Å². The summed E-state index contributed by atoms with van der Waals surface area (Å²) in [7, 11) is 0. The Morgan fingerprint density at radius 2 is 2.04 bits per heavy atom. The fraction of sp³-hybridized carbons (Fsp3) is 0.278. The van der Waals surface area contributed by atoms with Crippen LogP contribution in [0.1, 0.15) is 30.2 Å². The number of nitrogens with zero attached hydrogens (tertiary/aromatic N) is 2. The molecule has 1 aromatic carbocycles. The van der Waals surface area contributed by atoms with Gasteiger partial charge >= 0.3 is 5.69 Å². The molecule has 3 aromatic rings. The van der Waals surface area contributed by atoms with E-state index in [9.17, 15) is 24.5 Å². The fourth-order valence-electron chi connectivity index (χ4n) is 2.68. The SMILES string of the molecule is Cc1ccc([N+](=O)[O-])cc1NC(=O)Cn1c(=O)[nH]c2sc(C(C)C)cc2c1=O. The molecule has 0 fully saturated rings. The third kappa shape index (κ3) is 3.72. The zero-order valence-corrected chi connectivity index (χ0v) is 16.3. The maximum absolute atomic E-state index is 12.7. The van der Waals surface area contributed by atoms with E-state index in [0.29, 0.717) is 15.8 Å². The number of anilines is 1. The van der Waals surface area contributed by atoms with Gasteiger partial charge in [0.1, 0.15) is 11.4 Å². The summed E-state index contributed by atoms with van der Waals surface area (Å²) in [5.74, 6) is -0.427. The molecule has 28 heavy (non-hydrogen) atoms. The number of nitro benzene ring substituents is 1. The number of aromatic amines is 1. The van der Waals surface area contributed by atoms with Gasteiger partial charge in [0.05, 0.1) is 16.0 Å². The zero-order chi connectivity index (χ0) is 20.6. The first-order valence-corrected chi connectivity index (χ1v) is 9.30. The van der Waals surface area contributed by atoms with Crippen molar-refractivity contribution in [3.63, 3.8) is 0 Å². The monoisotopic (exact) mass is 402 g/mol. The van der Waals surface area contributed by atoms with Crippen LogP contribution in [0.15, 0.2) is 33.9 Å². The van der Waals surface area contributed by atoms with Crippen LogP contribution in [0.3, 0.4) is 0 Å². The first-order valence-electron chi connectivity index (χ1n) is 8.49. The third-order valence-corrected chi connectivity index (χ3v) is 5.62. The smallest absolute Gasteiger partial charge is 0.324 e. The highest BCUT2D eigenvalue weighted by Gasteiger charge is 2.16. The van der Waals surface area contributed by atoms with Gasteiger partial charge < -0.3 is 5.32 Å². The molecule has 2 heterocycles. The first-order chi connectivity index (χ1) is 13.2. The van der Waals surface area contributed by atoms with Gasteiger partial charge in [0.2, 0.25) is 5.91 Å². The van der Waals surface area contributed by atoms with E-state index >= 15 is 0 Å². The number of carbonyl (C=O) groups is 1. The maximum Gasteiger partial charge on any atom is 0.329 e. The number of thiophene rings is 1. The molecule has 1 amide bonds. The number of amides is 1. The van der Waals surface area contributed by atoms with Gasteiger partial charge in [-0.25, -0.2) is 4.79 Å². The third-order valence-electron chi connectivity index (χ3n) is 4.27. The molecule has 0 aliphatic carbocycles. The Balaban J connectivity index is 1.91. The highest BCUT2D eigenvalue weighted by molar-refractivity contribution is 7.18. The molecule has 0 saturated carbocycles. The molecule has 2 N–H and O–H groups in total. The lowest BCUT2D eigenvalue weighted by atomic mass is 10.2. The number of hydrogen-bond donors (Lipinski definition) is 2. The summed E-state index contributed by atoms with van der Waals surface area (Å²) in [4.78, 5) is 51.7. The number of H-pyrrole nitrogens is 1. The van der Waals surface area contributed by atoms with Gasteiger partial charge in [-0.2, -0.15) is 0 Å². The van der Waals surface area contributed by atoms with Crippen molar-refractivity contribution in [3.8, 4) is 0 Å². The van der Waals surface area contributed by atoms with Crippen LogP contribution in [0.25, 0.3) is 10.2 Å². The van der Waals surface area contributed by atoms with Gasteiger partial charge in [0, 0.05) is 17.0 Å². The van der Waals surface area contributed by atoms with E-state index < -0.39 is 28.6 Å². The van der Waals surface area contributed by atoms with Gasteiger partial charge in [-0.15, -0.1) is 11.3 Å². The molecule has 0 unspecified atom stereocenters. The molecule has 0 saturated heterocycles. The van der Waals surface area contributed by atoms with Crippen LogP contribution in [-0.4, -0.2) is 20.4 Å². The van der Waals surface area contributed by atoms with Crippen molar-refractivity contribution in [2.45, 2.75) is 33.2 Å². The summed E-state index contributed by atoms with van der Waals surface area (Å²) in [6.07, 6.45) is 0. The molecule has 0 bridgehead atoms. The quantitative estimate of drug-likeness (QED) is 0.501. The van der Waals surface area contributed by atoms with Crippen molar-refractivity contribution in [2.24, 2.45) is 0 Å². The summed E-state index contributed by atoms with van der Waals surface area (Å²) < 4.78 is 0.821. The molecule has 0 aliphatic heterocycles. The number of nitro groups is 1. The van der Waals surface area contributed by atoms with Crippen molar-refractivity contribution in [3.05, 3.63) is 65.7 Å². The summed E-state index contributed by atoms with van der Waals surface area (Å²) in [5, 5.41) is 13.8. The Bertz CT molecular complexity index is 1200. The second-order valence-electron chi connectivity index (χ2n) is 6.67. The second kappa shape index (κ2) is 7.39. The van der Waals surface area contributed by atoms with Crippen LogP contribution in [0, 0.1) is 17.0 Å². The number of benzene rings is 1. The van der Waals surface area contributed by atoms with Gasteiger partial charge in [-0.1, -0.05) is 19.9 Å². The van der Waals surface area contributed by atoms with Crippen LogP contribution < -0.4 is 16.6 Å². The summed E-state index contributed by atoms with van der Waals surface area (Å²) in [6.45, 7) is 5.15. The predicted molar refractivity (Wildman–Crippen MR) is 107 cm³/mol. The van der Waals surface area contributed by atoms with Crippen LogP contribution in [0.4, 0.5) is 11.4 Å². The second-order valence-corrected chi connectivity index (χ2v) is 7.76. The topological polar surface area (TPSA) is 127 Å². The number of non-ortho nitro benzene ring substituents is 1. The zero-order valence-electron chi connectivity index (χ0n) is 15.4. The lowest BCUT2D eigenvalue weighted by molar-refractivity contribution is -0.384. The molecule has 0 spiro atoms. The fourth-order valence-corrected chi connectivity index (χ4v) is 3.73. The minimum absolute atomic E-state index is 0.170. The standard InChI is InChI=1S/C18H18N4O5S/c1-9(2)14-7-12-16(28-14)20-18(25)21(17(12)24)8-15(23)19-13-6-11(22(26)27)5-4-10(13)3/h4-7,9H,8H2,1-3H3,(H,19,23)(H,20,25). The van der Waals surface area contributed by atoms with Crippen molar-refractivity contribution in [2.75, 3.05) is 5.32 Å². The summed E-state index contributed by atoms with van der Waals surface area (Å²) in [6, 6.07) is 5.80. The summed E-state index contributed by atoms with van der Waals surface area (Å²) >= 11 is 1.34. The Hall–Kier alpha value is -3.27. The Morgan fingerprint density at radius 3 is 2.68 bits per heavy atom. The average molecular weight is 402 g/mol. The molecular formula is C18H18N4O5S. The van der Waals surface area contributed by atoms with E-state index in [-0.39, 0.29) is 17.3 Å². The van der Waals surface area contributed by atoms with Crippen LogP contribution in [0.2, 0.25) is 0 Å². The molecule has 10 heteroatoms. The normalized spacial score (nSPS) is 11.1. The lowest BCUT2D eigenvalue weighted by Crippen LogP contribution is -2.38. The van der Waals surface area contributed by atoms with E-state index in [1.165, 1.54) is 29.5 Å². The molecule has 3 rings (SSSR count). The van der Waals surface area contributed by atoms with Crippen molar-refractivity contribution in [1.82, 2.24) is 9.55 Å². The van der Waals surface area contributed by atoms with E-state index in [1.807, 2.05) is 13.8 Å². The number of fused-ring (bicyclic) bond motifs is 1. The van der Waals surface area contributed by atoms with Gasteiger partial charge in [0.15, 0.2) is 0 Å². The number of carbonyl (C=O) groups excluding carboxylic acids is 1. The Labute approximate surface area is 162 Å². The predicted octanol–water partition coefficient (Wildman–Crippen LogP) is 2.73. The van der Waals surface area contributed by atoms with Crippen LogP contribution in [0.5, 0.6) is 0 Å². The Kier molecular flexibility index (Phi) is 5.14. The molecule has 9 nitrogen and oxygen atoms in total. The van der Waals surface area contributed by atoms with Gasteiger partial charge in [-0.3, -0.25) is 29.3 Å². The number of hydrogen-bond acceptors (Lipinski definition) is 6. The molecule has 146 valence electrons. The highest BCUT2D eigenvalue weighted by Crippen LogP contribution is 2.26. The highest BCUT2D eigenvalue weighted by atomic mass is 32.1. The molecule has 0 atom stereocenters. The minimum Gasteiger partial charge on any atom is -0.324 e. The van der Waals surface area contributed by atoms with Crippen LogP contribution in [-0.2, 0) is 11.3 Å². The first kappa shape index (κ1) is 19.5. The van der Waals surface area contributed by atoms with E-state index in [2.05, 4.69) is 10.3 Å². The average Bonchev–Trinajstić information content (AvgIpc) is 3.04. The van der Waals surface area contributed by atoms with Crippen LogP contribution >= 0.6 is 11.3 Å². The minimum atomic E-state index is -0.680. The van der Waals surface area contributed by atoms with Gasteiger partial charge in [-0.05, 0) is 24.5 Å². The van der Waals surface area contributed by atoms with E-state index in [0.717, 1.165) is 9.44 Å². The number of rotatable bonds is 5. The summed E-state index contributed by atoms with van der Waals surface area (Å²) in [5.41, 5.74) is -0.525. The number of aryl methyl sites for hydroxylation is 1. The molecule has 2 aromatic heterocycles. The van der Waals surface area contributed by atoms with E-state index in [1.54, 1.807) is 13.0 Å². The molecule has 0 radical (unpaired) electrons. The molecule has 0 aliphatic rings. The lowest BCUT2D eigenvalue weighted by Gasteiger charge is -2.09.